The Labute approximate surface area is 148 Å². The SMILES string of the molecule is CC(=O)N1CCN(c2nccc(Nc3ccc(C(F)(F)F)cc3)n2)CC1. The lowest BCUT2D eigenvalue weighted by Gasteiger charge is -2.34. The molecular weight excluding hydrogens is 347 g/mol. The van der Waals surface area contributed by atoms with Crippen LogP contribution in [0.2, 0.25) is 0 Å². The third-order valence-corrected chi connectivity index (χ3v) is 4.14. The van der Waals surface area contributed by atoms with Crippen LogP contribution in [0, 0.1) is 0 Å². The van der Waals surface area contributed by atoms with E-state index in [9.17, 15) is 18.0 Å². The molecule has 0 saturated carbocycles. The van der Waals surface area contributed by atoms with Gasteiger partial charge >= 0.3 is 6.18 Å². The van der Waals surface area contributed by atoms with Gasteiger partial charge in [-0.05, 0) is 30.3 Å². The number of carbonyl (C=O) groups is 1. The number of anilines is 3. The van der Waals surface area contributed by atoms with Crippen LogP contribution in [0.4, 0.5) is 30.6 Å². The number of alkyl halides is 3. The molecule has 1 N–H and O–H groups in total. The highest BCUT2D eigenvalue weighted by Gasteiger charge is 2.30. The van der Waals surface area contributed by atoms with Gasteiger partial charge in [0.1, 0.15) is 5.82 Å². The quantitative estimate of drug-likeness (QED) is 0.906. The van der Waals surface area contributed by atoms with Crippen LogP contribution in [0.1, 0.15) is 12.5 Å². The second-order valence-corrected chi connectivity index (χ2v) is 5.94. The molecule has 1 aliphatic heterocycles. The monoisotopic (exact) mass is 365 g/mol. The number of hydrogen-bond donors (Lipinski definition) is 1. The molecule has 3 rings (SSSR count). The Bertz CT molecular complexity index is 771. The summed E-state index contributed by atoms with van der Waals surface area (Å²) in [6, 6.07) is 6.40. The highest BCUT2D eigenvalue weighted by molar-refractivity contribution is 5.73. The third kappa shape index (κ3) is 4.22. The van der Waals surface area contributed by atoms with Crippen molar-refractivity contribution in [1.82, 2.24) is 14.9 Å². The summed E-state index contributed by atoms with van der Waals surface area (Å²) in [6.07, 6.45) is -2.77. The summed E-state index contributed by atoms with van der Waals surface area (Å²) < 4.78 is 37.8. The number of nitrogens with zero attached hydrogens (tertiary/aromatic N) is 4. The first-order valence-corrected chi connectivity index (χ1v) is 8.11. The van der Waals surface area contributed by atoms with Gasteiger partial charge in [-0.25, -0.2) is 4.98 Å². The number of aromatic nitrogens is 2. The van der Waals surface area contributed by atoms with Crippen LogP contribution in [-0.2, 0) is 11.0 Å². The lowest BCUT2D eigenvalue weighted by molar-refractivity contribution is -0.137. The van der Waals surface area contributed by atoms with Crippen molar-refractivity contribution in [2.75, 3.05) is 36.4 Å². The zero-order valence-corrected chi connectivity index (χ0v) is 14.1. The Morgan fingerprint density at radius 3 is 2.31 bits per heavy atom. The maximum Gasteiger partial charge on any atom is 0.416 e. The van der Waals surface area contributed by atoms with Crippen LogP contribution in [0.25, 0.3) is 0 Å². The maximum absolute atomic E-state index is 12.6. The Hall–Kier alpha value is -2.84. The zero-order chi connectivity index (χ0) is 18.7. The van der Waals surface area contributed by atoms with E-state index in [1.807, 2.05) is 4.90 Å². The van der Waals surface area contributed by atoms with E-state index in [4.69, 9.17) is 0 Å². The van der Waals surface area contributed by atoms with Gasteiger partial charge in [-0.3, -0.25) is 4.79 Å². The molecule has 2 aromatic rings. The van der Waals surface area contributed by atoms with Crippen molar-refractivity contribution in [3.8, 4) is 0 Å². The fourth-order valence-corrected chi connectivity index (χ4v) is 2.68. The van der Waals surface area contributed by atoms with Crippen LogP contribution < -0.4 is 10.2 Å². The molecule has 1 amide bonds. The molecule has 1 saturated heterocycles. The van der Waals surface area contributed by atoms with Crippen LogP contribution in [0.3, 0.4) is 0 Å². The number of hydrogen-bond acceptors (Lipinski definition) is 5. The molecule has 26 heavy (non-hydrogen) atoms. The molecule has 1 aliphatic rings. The Morgan fingerprint density at radius 2 is 1.73 bits per heavy atom. The van der Waals surface area contributed by atoms with Gasteiger partial charge in [0, 0.05) is 45.0 Å². The zero-order valence-electron chi connectivity index (χ0n) is 14.1. The van der Waals surface area contributed by atoms with E-state index in [-0.39, 0.29) is 5.91 Å². The number of benzene rings is 1. The molecule has 2 heterocycles. The van der Waals surface area contributed by atoms with E-state index < -0.39 is 11.7 Å². The largest absolute Gasteiger partial charge is 0.416 e. The minimum absolute atomic E-state index is 0.0447. The Kier molecular flexibility index (Phi) is 4.97. The van der Waals surface area contributed by atoms with Crippen molar-refractivity contribution < 1.29 is 18.0 Å². The summed E-state index contributed by atoms with van der Waals surface area (Å²) in [4.78, 5) is 23.8. The molecule has 0 bridgehead atoms. The van der Waals surface area contributed by atoms with E-state index in [1.165, 1.54) is 12.1 Å². The topological polar surface area (TPSA) is 61.4 Å². The molecule has 9 heteroatoms. The molecule has 0 radical (unpaired) electrons. The van der Waals surface area contributed by atoms with Crippen molar-refractivity contribution in [3.63, 3.8) is 0 Å². The molecule has 0 atom stereocenters. The van der Waals surface area contributed by atoms with Gasteiger partial charge in [0.15, 0.2) is 0 Å². The first-order valence-electron chi connectivity index (χ1n) is 8.11. The molecular formula is C17H18F3N5O. The van der Waals surface area contributed by atoms with Gasteiger partial charge in [-0.15, -0.1) is 0 Å². The summed E-state index contributed by atoms with van der Waals surface area (Å²) in [5.41, 5.74) is -0.196. The molecule has 1 aromatic heterocycles. The predicted octanol–water partition coefficient (Wildman–Crippen LogP) is 2.91. The fourth-order valence-electron chi connectivity index (χ4n) is 2.68. The minimum Gasteiger partial charge on any atom is -0.340 e. The summed E-state index contributed by atoms with van der Waals surface area (Å²) in [7, 11) is 0. The summed E-state index contributed by atoms with van der Waals surface area (Å²) in [5, 5.41) is 2.98. The highest BCUT2D eigenvalue weighted by atomic mass is 19.4. The molecule has 138 valence electrons. The molecule has 1 aromatic carbocycles. The van der Waals surface area contributed by atoms with Crippen molar-refractivity contribution >= 4 is 23.4 Å². The molecule has 0 unspecified atom stereocenters. The lowest BCUT2D eigenvalue weighted by Crippen LogP contribution is -2.48. The van der Waals surface area contributed by atoms with E-state index in [2.05, 4.69) is 15.3 Å². The number of carbonyl (C=O) groups excluding carboxylic acids is 1. The first-order chi connectivity index (χ1) is 12.3. The molecule has 1 fully saturated rings. The van der Waals surface area contributed by atoms with Gasteiger partial charge in [-0.1, -0.05) is 0 Å². The first kappa shape index (κ1) is 18.0. The van der Waals surface area contributed by atoms with Gasteiger partial charge in [0.2, 0.25) is 11.9 Å². The number of rotatable bonds is 3. The minimum atomic E-state index is -4.36. The van der Waals surface area contributed by atoms with Gasteiger partial charge < -0.3 is 15.1 Å². The summed E-state index contributed by atoms with van der Waals surface area (Å²) in [6.45, 7) is 4.01. The smallest absolute Gasteiger partial charge is 0.340 e. The van der Waals surface area contributed by atoms with Crippen molar-refractivity contribution in [2.24, 2.45) is 0 Å². The van der Waals surface area contributed by atoms with E-state index >= 15 is 0 Å². The van der Waals surface area contributed by atoms with Crippen molar-refractivity contribution in [3.05, 3.63) is 42.1 Å². The Balaban J connectivity index is 1.67. The summed E-state index contributed by atoms with van der Waals surface area (Å²) >= 11 is 0. The van der Waals surface area contributed by atoms with Gasteiger partial charge in [-0.2, -0.15) is 18.2 Å². The van der Waals surface area contributed by atoms with Crippen LogP contribution >= 0.6 is 0 Å². The average Bonchev–Trinajstić information content (AvgIpc) is 2.62. The Morgan fingerprint density at radius 1 is 1.08 bits per heavy atom. The second-order valence-electron chi connectivity index (χ2n) is 5.94. The number of amides is 1. The standard InChI is InChI=1S/C17H18F3N5O/c1-12(26)24-8-10-25(11-9-24)16-21-7-6-15(23-16)22-14-4-2-13(3-5-14)17(18,19)20/h2-7H,8-11H2,1H3,(H,21,22,23). The van der Waals surface area contributed by atoms with Crippen molar-refractivity contribution in [2.45, 2.75) is 13.1 Å². The highest BCUT2D eigenvalue weighted by Crippen LogP contribution is 2.30. The second kappa shape index (κ2) is 7.19. The summed E-state index contributed by atoms with van der Waals surface area (Å²) in [5.74, 6) is 1.05. The maximum atomic E-state index is 12.6. The number of piperazine rings is 1. The van der Waals surface area contributed by atoms with E-state index in [0.29, 0.717) is 43.6 Å². The number of halogens is 3. The van der Waals surface area contributed by atoms with Gasteiger partial charge in [0.05, 0.1) is 5.56 Å². The van der Waals surface area contributed by atoms with E-state index in [0.717, 1.165) is 12.1 Å². The molecule has 6 nitrogen and oxygen atoms in total. The van der Waals surface area contributed by atoms with E-state index in [1.54, 1.807) is 24.1 Å². The number of nitrogens with one attached hydrogen (secondary N) is 1. The third-order valence-electron chi connectivity index (χ3n) is 4.14. The van der Waals surface area contributed by atoms with Crippen LogP contribution in [-0.4, -0.2) is 47.0 Å². The molecule has 0 spiro atoms. The lowest BCUT2D eigenvalue weighted by atomic mass is 10.2. The molecule has 0 aliphatic carbocycles. The predicted molar refractivity (Wildman–Crippen MR) is 91.2 cm³/mol. The van der Waals surface area contributed by atoms with Gasteiger partial charge in [0.25, 0.3) is 0 Å². The normalized spacial score (nSPS) is 15.1. The average molecular weight is 365 g/mol. The van der Waals surface area contributed by atoms with Crippen molar-refractivity contribution in [1.29, 1.82) is 0 Å². The van der Waals surface area contributed by atoms with Crippen LogP contribution in [0.15, 0.2) is 36.5 Å². The van der Waals surface area contributed by atoms with Crippen LogP contribution in [0.5, 0.6) is 0 Å². The fraction of sp³-hybridized carbons (Fsp3) is 0.353.